The molecule has 0 aliphatic rings. The van der Waals surface area contributed by atoms with Crippen LogP contribution in [0.25, 0.3) is 11.3 Å². The van der Waals surface area contributed by atoms with Crippen molar-refractivity contribution in [3.05, 3.63) is 51.3 Å². The van der Waals surface area contributed by atoms with Crippen LogP contribution < -0.4 is 10.5 Å². The molecule has 2 aromatic rings. The van der Waals surface area contributed by atoms with Crippen molar-refractivity contribution in [2.45, 2.75) is 39.8 Å². The molecule has 5 nitrogen and oxygen atoms in total. The summed E-state index contributed by atoms with van der Waals surface area (Å²) < 4.78 is 35.4. The second-order valence-corrected chi connectivity index (χ2v) is 7.32. The van der Waals surface area contributed by atoms with E-state index in [1.165, 1.54) is 19.2 Å². The minimum Gasteiger partial charge on any atom is -0.443 e. The van der Waals surface area contributed by atoms with E-state index in [4.69, 9.17) is 16.3 Å². The summed E-state index contributed by atoms with van der Waals surface area (Å²) >= 11 is 6.02. The summed E-state index contributed by atoms with van der Waals surface area (Å²) in [5.74, 6) is -1.73. The maximum atomic E-state index is 14.5. The van der Waals surface area contributed by atoms with E-state index in [-0.39, 0.29) is 22.9 Å². The van der Waals surface area contributed by atoms with Crippen molar-refractivity contribution < 1.29 is 18.3 Å². The largest absolute Gasteiger partial charge is 0.443 e. The number of hydrogen-bond acceptors (Lipinski definition) is 3. The molecule has 0 fully saturated rings. The summed E-state index contributed by atoms with van der Waals surface area (Å²) in [6.45, 7) is 6.80. The smallest absolute Gasteiger partial charge is 0.414 e. The van der Waals surface area contributed by atoms with Crippen LogP contribution in [0.2, 0.25) is 5.02 Å². The Hall–Kier alpha value is -2.41. The van der Waals surface area contributed by atoms with Crippen LogP contribution in [0.15, 0.2) is 29.1 Å². The first-order valence-electron chi connectivity index (χ1n) is 8.32. The van der Waals surface area contributed by atoms with Crippen LogP contribution in [0.1, 0.15) is 27.7 Å². The third-order valence-corrected chi connectivity index (χ3v) is 4.04. The summed E-state index contributed by atoms with van der Waals surface area (Å²) in [7, 11) is 1.38. The van der Waals surface area contributed by atoms with Crippen molar-refractivity contribution in [1.29, 1.82) is 0 Å². The van der Waals surface area contributed by atoms with Crippen molar-refractivity contribution in [1.82, 2.24) is 4.57 Å². The van der Waals surface area contributed by atoms with Gasteiger partial charge in [0.1, 0.15) is 22.3 Å². The molecule has 0 bridgehead atoms. The van der Waals surface area contributed by atoms with Crippen LogP contribution in [-0.4, -0.2) is 23.3 Å². The molecule has 1 aromatic carbocycles. The fourth-order valence-corrected chi connectivity index (χ4v) is 2.80. The van der Waals surface area contributed by atoms with Crippen molar-refractivity contribution in [2.24, 2.45) is 0 Å². The molecule has 0 spiro atoms. The summed E-state index contributed by atoms with van der Waals surface area (Å²) in [6.07, 6.45) is -0.752. The van der Waals surface area contributed by atoms with E-state index >= 15 is 0 Å². The highest BCUT2D eigenvalue weighted by Crippen LogP contribution is 2.35. The van der Waals surface area contributed by atoms with Crippen molar-refractivity contribution in [3.8, 4) is 11.3 Å². The Morgan fingerprint density at radius 1 is 1.26 bits per heavy atom. The first-order chi connectivity index (χ1) is 12.5. The van der Waals surface area contributed by atoms with Gasteiger partial charge in [0.05, 0.1) is 16.9 Å². The maximum absolute atomic E-state index is 14.5. The van der Waals surface area contributed by atoms with Crippen molar-refractivity contribution >= 4 is 23.4 Å². The van der Waals surface area contributed by atoms with Gasteiger partial charge in [0.25, 0.3) is 5.56 Å². The maximum Gasteiger partial charge on any atom is 0.414 e. The topological polar surface area (TPSA) is 51.5 Å². The quantitative estimate of drug-likeness (QED) is 0.743. The Balaban J connectivity index is 2.80. The Morgan fingerprint density at radius 3 is 2.30 bits per heavy atom. The van der Waals surface area contributed by atoms with Crippen LogP contribution in [-0.2, 0) is 11.3 Å². The number of halogens is 3. The minimum absolute atomic E-state index is 0.0553. The zero-order valence-electron chi connectivity index (χ0n) is 15.8. The van der Waals surface area contributed by atoms with E-state index < -0.39 is 34.5 Å². The van der Waals surface area contributed by atoms with Crippen LogP contribution in [0, 0.1) is 11.6 Å². The van der Waals surface area contributed by atoms with Gasteiger partial charge in [-0.1, -0.05) is 17.7 Å². The number of carbonyl (C=O) groups is 1. The van der Waals surface area contributed by atoms with Gasteiger partial charge < -0.3 is 9.30 Å². The molecule has 0 unspecified atom stereocenters. The number of nitrogens with zero attached hydrogens (tertiary/aromatic N) is 2. The normalized spacial score (nSPS) is 11.4. The first-order valence-corrected chi connectivity index (χ1v) is 8.70. The second-order valence-electron chi connectivity index (χ2n) is 6.91. The van der Waals surface area contributed by atoms with Crippen LogP contribution >= 0.6 is 11.6 Å². The molecule has 2 rings (SSSR count). The molecule has 0 aliphatic heterocycles. The van der Waals surface area contributed by atoms with Gasteiger partial charge in [0, 0.05) is 13.6 Å². The van der Waals surface area contributed by atoms with Crippen LogP contribution in [0.3, 0.4) is 0 Å². The molecular formula is C19H21ClF2N2O3. The molecule has 146 valence electrons. The number of benzene rings is 1. The third kappa shape index (κ3) is 4.30. The highest BCUT2D eigenvalue weighted by atomic mass is 35.5. The van der Waals surface area contributed by atoms with Gasteiger partial charge in [0.15, 0.2) is 0 Å². The third-order valence-electron chi connectivity index (χ3n) is 3.77. The van der Waals surface area contributed by atoms with Gasteiger partial charge in [-0.25, -0.2) is 13.6 Å². The second kappa shape index (κ2) is 7.68. The molecule has 1 aromatic heterocycles. The Labute approximate surface area is 161 Å². The average molecular weight is 399 g/mol. The molecule has 0 atom stereocenters. The van der Waals surface area contributed by atoms with Crippen LogP contribution in [0.4, 0.5) is 19.3 Å². The highest BCUT2D eigenvalue weighted by Gasteiger charge is 2.27. The lowest BCUT2D eigenvalue weighted by Crippen LogP contribution is -2.36. The molecular weight excluding hydrogens is 378 g/mol. The van der Waals surface area contributed by atoms with E-state index in [9.17, 15) is 18.4 Å². The molecule has 1 heterocycles. The van der Waals surface area contributed by atoms with Gasteiger partial charge in [-0.2, -0.15) is 0 Å². The van der Waals surface area contributed by atoms with Crippen LogP contribution in [0.5, 0.6) is 0 Å². The Kier molecular flexibility index (Phi) is 5.94. The molecule has 0 radical (unpaired) electrons. The van der Waals surface area contributed by atoms with Gasteiger partial charge >= 0.3 is 6.09 Å². The standard InChI is InChI=1S/C19H21ClF2N2O3/c1-6-24-16(15-12(21)8-7-9-13(15)22)14(10-11(20)17(24)25)23(5)18(26)27-19(2,3)4/h7-10H,6H2,1-5H3. The Morgan fingerprint density at radius 2 is 1.81 bits per heavy atom. The van der Waals surface area contributed by atoms with E-state index in [1.807, 2.05) is 0 Å². The fraction of sp³-hybridized carbons (Fsp3) is 0.368. The van der Waals surface area contributed by atoms with Gasteiger partial charge in [-0.05, 0) is 45.9 Å². The SMILES string of the molecule is CCn1c(-c2c(F)cccc2F)c(N(C)C(=O)OC(C)(C)C)cc(Cl)c1=O. The first kappa shape index (κ1) is 20.9. The summed E-state index contributed by atoms with van der Waals surface area (Å²) in [4.78, 5) is 26.0. The number of amides is 1. The van der Waals surface area contributed by atoms with E-state index in [0.717, 1.165) is 21.6 Å². The number of ether oxygens (including phenoxy) is 1. The van der Waals surface area contributed by atoms with E-state index in [0.29, 0.717) is 0 Å². The highest BCUT2D eigenvalue weighted by molar-refractivity contribution is 6.30. The lowest BCUT2D eigenvalue weighted by Gasteiger charge is -2.27. The lowest BCUT2D eigenvalue weighted by atomic mass is 10.1. The number of hydrogen-bond donors (Lipinski definition) is 0. The fourth-order valence-electron chi connectivity index (χ4n) is 2.59. The summed E-state index contributed by atoms with van der Waals surface area (Å²) in [6, 6.07) is 4.58. The average Bonchev–Trinajstić information content (AvgIpc) is 2.55. The van der Waals surface area contributed by atoms with Crippen molar-refractivity contribution in [3.63, 3.8) is 0 Å². The van der Waals surface area contributed by atoms with E-state index in [1.54, 1.807) is 27.7 Å². The van der Waals surface area contributed by atoms with Gasteiger partial charge in [-0.3, -0.25) is 9.69 Å². The molecule has 0 saturated heterocycles. The molecule has 8 heteroatoms. The van der Waals surface area contributed by atoms with E-state index in [2.05, 4.69) is 0 Å². The number of carbonyl (C=O) groups excluding carboxylic acids is 1. The zero-order chi connectivity index (χ0) is 20.5. The van der Waals surface area contributed by atoms with Gasteiger partial charge in [0.2, 0.25) is 0 Å². The lowest BCUT2D eigenvalue weighted by molar-refractivity contribution is 0.0589. The number of aromatic nitrogens is 1. The van der Waals surface area contributed by atoms with Gasteiger partial charge in [-0.15, -0.1) is 0 Å². The number of anilines is 1. The minimum atomic E-state index is -0.863. The van der Waals surface area contributed by atoms with Crippen molar-refractivity contribution in [2.75, 3.05) is 11.9 Å². The molecule has 0 N–H and O–H groups in total. The molecule has 27 heavy (non-hydrogen) atoms. The Bertz CT molecular complexity index is 916. The number of rotatable bonds is 3. The zero-order valence-corrected chi connectivity index (χ0v) is 16.5. The molecule has 1 amide bonds. The predicted molar refractivity (Wildman–Crippen MR) is 101 cm³/mol. The molecule has 0 aliphatic carbocycles. The molecule has 0 saturated carbocycles. The number of pyridine rings is 1. The predicted octanol–water partition coefficient (Wildman–Crippen LogP) is 4.84. The summed E-state index contributed by atoms with van der Waals surface area (Å²) in [5.41, 5.74) is -1.84. The summed E-state index contributed by atoms with van der Waals surface area (Å²) in [5, 5.41) is -0.178. The monoisotopic (exact) mass is 398 g/mol.